The number of hydrogen-bond acceptors (Lipinski definition) is 11. The first-order valence-electron chi connectivity index (χ1n) is 33.1. The summed E-state index contributed by atoms with van der Waals surface area (Å²) in [6, 6.07) is 54.4. The molecular weight excluding hydrogens is 1410 g/mol. The van der Waals surface area contributed by atoms with Gasteiger partial charge in [0.1, 0.15) is 11.5 Å². The van der Waals surface area contributed by atoms with Gasteiger partial charge in [0, 0.05) is 66.1 Å². The van der Waals surface area contributed by atoms with Crippen molar-refractivity contribution < 1.29 is 123 Å². The van der Waals surface area contributed by atoms with E-state index in [-0.39, 0.29) is 104 Å². The molecule has 10 aliphatic rings. The number of para-hydroxylation sites is 5. The van der Waals surface area contributed by atoms with Gasteiger partial charge >= 0.3 is 64.4 Å². The van der Waals surface area contributed by atoms with Crippen LogP contribution in [0.3, 0.4) is 0 Å². The van der Waals surface area contributed by atoms with Crippen LogP contribution in [0.25, 0.3) is 55.0 Å². The van der Waals surface area contributed by atoms with Gasteiger partial charge in [-0.1, -0.05) is 91.0 Å². The van der Waals surface area contributed by atoms with Gasteiger partial charge in [-0.25, -0.2) is 16.8 Å². The Bertz CT molecular complexity index is 4230. The van der Waals surface area contributed by atoms with Gasteiger partial charge in [-0.15, -0.1) is 0 Å². The van der Waals surface area contributed by atoms with E-state index >= 15 is 0 Å². The number of hydrogen-bond donors (Lipinski definition) is 0. The standard InChI is InChI=1S/C22H20NS.C18H13N.2C14H17F5O5S.C4H8OS.Na/c1-3-9-21-19(7-1)20-8-2-4-10-22(20)23(21)17-11-13-18(14-12-17)24-15-5-6-16-24;1-2-8-14(9-3-1)19-17-12-6-4-10-15(17)16-11-5-7-13-18(16)19;2*15-13(16,17)10(14(18,19)25(21,22)23)24-11(20)12-4-7-1-8(5-12)3-9(2-7)6-12;5-6-3-1-2-4-6;/h1-4,7-14H,5-6,15-16H2;1-13H;2*7-10H,1-6H2,(H,21,22,23);1-4H2;/q+1;;;;;+1/p-2. The van der Waals surface area contributed by atoms with Crippen LogP contribution in [0.2, 0.25) is 0 Å². The van der Waals surface area contributed by atoms with E-state index in [1.165, 1.54) is 97.1 Å². The van der Waals surface area contributed by atoms with Crippen LogP contribution < -0.4 is 29.6 Å². The van der Waals surface area contributed by atoms with Crippen molar-refractivity contribution >= 4 is 97.5 Å². The molecule has 8 bridgehead atoms. The molecule has 8 saturated carbocycles. The topological polar surface area (TPSA) is 194 Å². The molecule has 532 valence electrons. The minimum absolute atomic E-state index is 0. The van der Waals surface area contributed by atoms with Crippen LogP contribution in [-0.2, 0) is 61.0 Å². The number of ether oxygens (including phenoxy) is 2. The number of alkyl halides is 10. The number of nitrogens with zero attached hydrogens (tertiary/aromatic N) is 2. The molecule has 0 N–H and O–H groups in total. The zero-order chi connectivity index (χ0) is 70.7. The van der Waals surface area contributed by atoms with Crippen molar-refractivity contribution in [1.82, 2.24) is 9.13 Å². The molecule has 2 atom stereocenters. The van der Waals surface area contributed by atoms with Crippen LogP contribution in [0.1, 0.15) is 103 Å². The molecule has 2 unspecified atom stereocenters. The number of carbonyl (C=O) groups is 2. The van der Waals surface area contributed by atoms with Crippen molar-refractivity contribution in [3.8, 4) is 11.4 Å². The maximum Gasteiger partial charge on any atom is 1.00 e. The summed E-state index contributed by atoms with van der Waals surface area (Å²) < 4.78 is 218. The Kier molecular flexibility index (Phi) is 22.4. The van der Waals surface area contributed by atoms with Crippen molar-refractivity contribution in [2.75, 3.05) is 23.0 Å². The smallest absolute Gasteiger partial charge is 0.743 e. The summed E-state index contributed by atoms with van der Waals surface area (Å²) in [6.07, 6.45) is -8.64. The summed E-state index contributed by atoms with van der Waals surface area (Å²) >= 11 is 0. The summed E-state index contributed by atoms with van der Waals surface area (Å²) in [5.41, 5.74) is 4.98. The Balaban J connectivity index is 0.000000131. The van der Waals surface area contributed by atoms with Crippen LogP contribution in [0.15, 0.2) is 157 Å². The molecule has 0 amide bonds. The second-order valence-corrected chi connectivity index (χ2v) is 34.7. The van der Waals surface area contributed by atoms with Crippen molar-refractivity contribution in [2.45, 2.75) is 143 Å². The van der Waals surface area contributed by atoms with E-state index in [9.17, 15) is 83.6 Å². The monoisotopic (exact) mass is 1480 g/mol. The average molecular weight is 1480 g/mol. The predicted octanol–water partition coefficient (Wildman–Crippen LogP) is 13.5. The minimum atomic E-state index is -6.67. The Hall–Kier alpha value is -5.52. The molecule has 4 heterocycles. The van der Waals surface area contributed by atoms with Crippen molar-refractivity contribution in [1.29, 1.82) is 0 Å². The van der Waals surface area contributed by atoms with E-state index in [0.717, 1.165) is 50.0 Å². The van der Waals surface area contributed by atoms with Crippen LogP contribution in [-0.4, -0.2) is 109 Å². The summed E-state index contributed by atoms with van der Waals surface area (Å²) in [6.45, 7) is 0. The van der Waals surface area contributed by atoms with Gasteiger partial charge in [0.05, 0.1) is 32.9 Å². The first-order chi connectivity index (χ1) is 46.7. The quantitative estimate of drug-likeness (QED) is 0.0393. The van der Waals surface area contributed by atoms with Gasteiger partial charge in [0.2, 0.25) is 0 Å². The molecule has 28 heteroatoms. The molecule has 2 saturated heterocycles. The Morgan fingerprint density at radius 3 is 0.990 bits per heavy atom. The summed E-state index contributed by atoms with van der Waals surface area (Å²) in [5.74, 6) is 2.52. The predicted molar refractivity (Wildman–Crippen MR) is 356 cm³/mol. The average Bonchev–Trinajstić information content (AvgIpc) is 1.59. The normalized spacial score (nSPS) is 25.5. The maximum absolute atomic E-state index is 13.5. The van der Waals surface area contributed by atoms with Gasteiger partial charge < -0.3 is 27.7 Å². The SMILES string of the molecule is O=C(OC(C(F)(F)F)C(F)(F)S(=O)(=O)[O-])C12CC3CC(CC(C3)C1)C2.O=C(OC(C(F)(F)F)C(F)(F)S(=O)(=O)[O-])C12CC3CC(CC(C3)C1)C2.O=S1CCCC1.[Na+].c1ccc(-n2c3ccccc3c3ccccc32)cc1.c1ccc2c(c1)c1ccccc1n2-c1ccc([S+]2CCCC2)cc1. The molecule has 10 fully saturated rings. The van der Waals surface area contributed by atoms with Crippen LogP contribution >= 0.6 is 0 Å². The van der Waals surface area contributed by atoms with Gasteiger partial charge in [0.15, 0.2) is 25.1 Å². The number of benzene rings is 6. The fourth-order valence-corrected chi connectivity index (χ4v) is 21.8. The molecule has 0 radical (unpaired) electrons. The minimum Gasteiger partial charge on any atom is -0.743 e. The molecule has 8 aliphatic carbocycles. The van der Waals surface area contributed by atoms with E-state index in [4.69, 9.17) is 0 Å². The maximum atomic E-state index is 13.5. The third-order valence-corrected chi connectivity index (χ3v) is 26.6. The van der Waals surface area contributed by atoms with Crippen LogP contribution in [0.4, 0.5) is 43.9 Å². The third kappa shape index (κ3) is 15.6. The summed E-state index contributed by atoms with van der Waals surface area (Å²) in [4.78, 5) is 26.3. The zero-order valence-corrected chi connectivity index (χ0v) is 59.8. The number of halogens is 10. The van der Waals surface area contributed by atoms with Gasteiger partial charge in [-0.05, 0) is 199 Å². The fourth-order valence-electron chi connectivity index (χ4n) is 17.4. The van der Waals surface area contributed by atoms with Crippen molar-refractivity contribution in [3.05, 3.63) is 152 Å². The number of esters is 2. The van der Waals surface area contributed by atoms with Gasteiger partial charge in [-0.2, -0.15) is 43.9 Å². The van der Waals surface area contributed by atoms with Crippen molar-refractivity contribution in [2.24, 2.45) is 46.3 Å². The Labute approximate surface area is 600 Å². The number of aromatic nitrogens is 2. The van der Waals surface area contributed by atoms with E-state index in [1.807, 2.05) is 0 Å². The summed E-state index contributed by atoms with van der Waals surface area (Å²) in [7, 11) is -13.3. The fraction of sp³-hybridized carbons (Fsp3) is 0.472. The molecular formula is C72H73F10N2NaO11S4. The largest absolute Gasteiger partial charge is 1.00 e. The summed E-state index contributed by atoms with van der Waals surface area (Å²) in [5, 5.41) is -6.31. The molecule has 18 rings (SSSR count). The number of carbonyl (C=O) groups excluding carboxylic acids is 2. The van der Waals surface area contributed by atoms with E-state index in [1.54, 1.807) is 0 Å². The Morgan fingerprint density at radius 1 is 0.440 bits per heavy atom. The van der Waals surface area contributed by atoms with E-state index in [0.29, 0.717) is 10.9 Å². The number of fused-ring (bicyclic) bond motifs is 6. The molecule has 6 aromatic carbocycles. The second kappa shape index (κ2) is 29.6. The van der Waals surface area contributed by atoms with Gasteiger partial charge in [-0.3, -0.25) is 13.8 Å². The van der Waals surface area contributed by atoms with Crippen LogP contribution in [0, 0.1) is 46.3 Å². The molecule has 2 aromatic heterocycles. The molecule has 8 aromatic rings. The van der Waals surface area contributed by atoms with E-state index < -0.39 is 88.9 Å². The second-order valence-electron chi connectivity index (χ2n) is 27.8. The molecule has 13 nitrogen and oxygen atoms in total. The zero-order valence-electron chi connectivity index (χ0n) is 54.5. The van der Waals surface area contributed by atoms with Crippen LogP contribution in [0.5, 0.6) is 0 Å². The first kappa shape index (κ1) is 75.6. The molecule has 2 aliphatic heterocycles. The first-order valence-corrected chi connectivity index (χ1v) is 39.0. The van der Waals surface area contributed by atoms with Crippen molar-refractivity contribution in [3.63, 3.8) is 0 Å². The Morgan fingerprint density at radius 2 is 0.720 bits per heavy atom. The number of rotatable bonds is 11. The van der Waals surface area contributed by atoms with E-state index in [2.05, 4.69) is 170 Å². The van der Waals surface area contributed by atoms with Gasteiger partial charge in [0.25, 0.3) is 12.2 Å². The third-order valence-electron chi connectivity index (χ3n) is 20.9. The molecule has 100 heavy (non-hydrogen) atoms. The molecule has 0 spiro atoms.